The molecule has 4 amide bonds. The highest BCUT2D eigenvalue weighted by atomic mass is 19.4. The van der Waals surface area contributed by atoms with Gasteiger partial charge in [0.15, 0.2) is 6.29 Å². The number of hydrogen-bond donors (Lipinski definition) is 3. The van der Waals surface area contributed by atoms with Crippen LogP contribution in [0.5, 0.6) is 0 Å². The molecule has 0 radical (unpaired) electrons. The van der Waals surface area contributed by atoms with Crippen molar-refractivity contribution in [2.75, 3.05) is 13.2 Å². The van der Waals surface area contributed by atoms with Crippen LogP contribution >= 0.6 is 0 Å². The van der Waals surface area contributed by atoms with Crippen molar-refractivity contribution in [2.45, 2.75) is 44.1 Å². The van der Waals surface area contributed by atoms with E-state index in [2.05, 4.69) is 16.0 Å². The Labute approximate surface area is 158 Å². The minimum atomic E-state index is -4.48. The van der Waals surface area contributed by atoms with E-state index in [1.807, 2.05) is 0 Å². The van der Waals surface area contributed by atoms with Gasteiger partial charge in [-0.05, 0) is 31.0 Å². The molecule has 1 aromatic rings. The van der Waals surface area contributed by atoms with Crippen LogP contribution in [0.25, 0.3) is 0 Å². The summed E-state index contributed by atoms with van der Waals surface area (Å²) in [5.74, 6) is 0. The molecule has 2 saturated heterocycles. The van der Waals surface area contributed by atoms with Crippen LogP contribution in [0.3, 0.4) is 0 Å². The maximum atomic E-state index is 14.0. The number of amides is 4. The second kappa shape index (κ2) is 7.92. The number of halogens is 4. The van der Waals surface area contributed by atoms with E-state index in [0.717, 1.165) is 17.0 Å². The van der Waals surface area contributed by atoms with Gasteiger partial charge in [0.2, 0.25) is 0 Å². The molecule has 0 bridgehead atoms. The van der Waals surface area contributed by atoms with E-state index < -0.39 is 48.3 Å². The second-order valence-electron chi connectivity index (χ2n) is 6.66. The number of carbonyl (C=O) groups excluding carboxylic acids is 2. The van der Waals surface area contributed by atoms with Gasteiger partial charge in [0.05, 0.1) is 18.2 Å². The fraction of sp³-hybridized carbons (Fsp3) is 0.529. The molecule has 2 aliphatic rings. The first-order valence-electron chi connectivity index (χ1n) is 8.72. The fourth-order valence-electron chi connectivity index (χ4n) is 3.21. The zero-order valence-corrected chi connectivity index (χ0v) is 14.9. The Bertz CT molecular complexity index is 727. The molecule has 0 spiro atoms. The summed E-state index contributed by atoms with van der Waals surface area (Å²) < 4.78 is 57.6. The lowest BCUT2D eigenvalue weighted by atomic mass is 10.0. The Morgan fingerprint density at radius 2 is 1.93 bits per heavy atom. The Balaban J connectivity index is 1.65. The topological polar surface area (TPSA) is 82.7 Å². The molecule has 3 N–H and O–H groups in total. The molecule has 28 heavy (non-hydrogen) atoms. The highest BCUT2D eigenvalue weighted by Gasteiger charge is 2.41. The summed E-state index contributed by atoms with van der Waals surface area (Å²) >= 11 is 0. The van der Waals surface area contributed by atoms with Gasteiger partial charge in [-0.3, -0.25) is 5.32 Å². The third kappa shape index (κ3) is 4.36. The SMILES string of the molecule is C[C@H](NC1NC(=O)N([C@H]2CCOC[C@H]2F)C(=O)N1)c1cccc(C(F)(F)F)c1. The quantitative estimate of drug-likeness (QED) is 0.674. The van der Waals surface area contributed by atoms with Crippen LogP contribution in [0.2, 0.25) is 0 Å². The number of benzene rings is 1. The minimum absolute atomic E-state index is 0.181. The van der Waals surface area contributed by atoms with Crippen molar-refractivity contribution in [1.82, 2.24) is 20.9 Å². The molecule has 0 aromatic heterocycles. The maximum Gasteiger partial charge on any atom is 0.416 e. The van der Waals surface area contributed by atoms with Crippen LogP contribution in [0.1, 0.15) is 30.5 Å². The number of urea groups is 2. The lowest BCUT2D eigenvalue weighted by molar-refractivity contribution is -0.137. The molecule has 11 heteroatoms. The van der Waals surface area contributed by atoms with E-state index >= 15 is 0 Å². The van der Waals surface area contributed by atoms with Gasteiger partial charge in [0.25, 0.3) is 0 Å². The fourth-order valence-corrected chi connectivity index (χ4v) is 3.21. The van der Waals surface area contributed by atoms with Crippen LogP contribution in [-0.4, -0.2) is 48.7 Å². The lowest BCUT2D eigenvalue weighted by Gasteiger charge is -2.40. The van der Waals surface area contributed by atoms with E-state index in [1.165, 1.54) is 12.1 Å². The van der Waals surface area contributed by atoms with Crippen LogP contribution < -0.4 is 16.0 Å². The molecule has 0 saturated carbocycles. The molecule has 3 rings (SSSR count). The summed E-state index contributed by atoms with van der Waals surface area (Å²) in [5.41, 5.74) is -0.468. The van der Waals surface area contributed by atoms with Crippen LogP contribution in [-0.2, 0) is 10.9 Å². The minimum Gasteiger partial charge on any atom is -0.378 e. The van der Waals surface area contributed by atoms with E-state index in [4.69, 9.17) is 4.74 Å². The van der Waals surface area contributed by atoms with Gasteiger partial charge in [-0.2, -0.15) is 13.2 Å². The Hall–Kier alpha value is -2.40. The first-order valence-corrected chi connectivity index (χ1v) is 8.72. The first-order chi connectivity index (χ1) is 13.2. The number of ether oxygens (including phenoxy) is 1. The normalized spacial score (nSPS) is 25.2. The van der Waals surface area contributed by atoms with Crippen LogP contribution in [0, 0.1) is 0 Å². The summed E-state index contributed by atoms with van der Waals surface area (Å²) in [5, 5.41) is 7.78. The van der Waals surface area contributed by atoms with E-state index in [9.17, 15) is 27.2 Å². The molecule has 2 aliphatic heterocycles. The highest BCUT2D eigenvalue weighted by molar-refractivity contribution is 5.96. The van der Waals surface area contributed by atoms with Crippen molar-refractivity contribution in [3.05, 3.63) is 35.4 Å². The largest absolute Gasteiger partial charge is 0.416 e. The standard InChI is InChI=1S/C17H20F4N4O3/c1-9(10-3-2-4-11(7-10)17(19,20)21)22-14-23-15(26)25(16(27)24-14)13-5-6-28-8-12(13)18/h2-4,7,9,12-14,22H,5-6,8H2,1H3,(H,23,26)(H,24,27)/t9-,12+,13-/m0/s1. The number of hydrogen-bond acceptors (Lipinski definition) is 4. The van der Waals surface area contributed by atoms with Crippen molar-refractivity contribution in [3.8, 4) is 0 Å². The molecular weight excluding hydrogens is 384 g/mol. The second-order valence-corrected chi connectivity index (χ2v) is 6.66. The number of alkyl halides is 4. The van der Waals surface area contributed by atoms with Gasteiger partial charge >= 0.3 is 18.2 Å². The van der Waals surface area contributed by atoms with Crippen molar-refractivity contribution in [3.63, 3.8) is 0 Å². The monoisotopic (exact) mass is 404 g/mol. The zero-order valence-electron chi connectivity index (χ0n) is 14.9. The predicted molar refractivity (Wildman–Crippen MR) is 89.8 cm³/mol. The molecule has 7 nitrogen and oxygen atoms in total. The van der Waals surface area contributed by atoms with E-state index in [1.54, 1.807) is 6.92 Å². The third-order valence-electron chi connectivity index (χ3n) is 4.69. The summed E-state index contributed by atoms with van der Waals surface area (Å²) in [4.78, 5) is 25.4. The third-order valence-corrected chi connectivity index (χ3v) is 4.69. The Morgan fingerprint density at radius 1 is 1.25 bits per heavy atom. The van der Waals surface area contributed by atoms with Gasteiger partial charge in [-0.1, -0.05) is 12.1 Å². The number of nitrogens with zero attached hydrogens (tertiary/aromatic N) is 1. The molecular formula is C17H20F4N4O3. The average molecular weight is 404 g/mol. The smallest absolute Gasteiger partial charge is 0.378 e. The molecule has 2 fully saturated rings. The van der Waals surface area contributed by atoms with E-state index in [0.29, 0.717) is 5.56 Å². The summed E-state index contributed by atoms with van der Waals surface area (Å²) in [7, 11) is 0. The number of imide groups is 1. The van der Waals surface area contributed by atoms with Crippen molar-refractivity contribution < 1.29 is 31.9 Å². The molecule has 2 heterocycles. The van der Waals surface area contributed by atoms with Crippen LogP contribution in [0.4, 0.5) is 27.2 Å². The van der Waals surface area contributed by atoms with Crippen molar-refractivity contribution >= 4 is 12.1 Å². The number of rotatable bonds is 4. The number of carbonyl (C=O) groups is 2. The van der Waals surface area contributed by atoms with Gasteiger partial charge in [-0.15, -0.1) is 0 Å². The first kappa shape index (κ1) is 20.3. The molecule has 154 valence electrons. The van der Waals surface area contributed by atoms with Gasteiger partial charge in [-0.25, -0.2) is 18.9 Å². The molecule has 3 atom stereocenters. The van der Waals surface area contributed by atoms with Gasteiger partial charge in [0, 0.05) is 12.6 Å². The summed E-state index contributed by atoms with van der Waals surface area (Å²) in [6, 6.07) is 1.61. The van der Waals surface area contributed by atoms with Crippen LogP contribution in [0.15, 0.2) is 24.3 Å². The van der Waals surface area contributed by atoms with E-state index in [-0.39, 0.29) is 19.6 Å². The van der Waals surface area contributed by atoms with Crippen molar-refractivity contribution in [1.29, 1.82) is 0 Å². The van der Waals surface area contributed by atoms with Gasteiger partial charge < -0.3 is 15.4 Å². The Kier molecular flexibility index (Phi) is 5.75. The van der Waals surface area contributed by atoms with Gasteiger partial charge in [0.1, 0.15) is 6.17 Å². The average Bonchev–Trinajstić information content (AvgIpc) is 2.62. The summed E-state index contributed by atoms with van der Waals surface area (Å²) in [6.45, 7) is 1.63. The predicted octanol–water partition coefficient (Wildman–Crippen LogP) is 2.50. The Morgan fingerprint density at radius 3 is 2.54 bits per heavy atom. The maximum absolute atomic E-state index is 14.0. The highest BCUT2D eigenvalue weighted by Crippen LogP contribution is 2.30. The number of nitrogens with one attached hydrogen (secondary N) is 3. The molecule has 1 aromatic carbocycles. The zero-order chi connectivity index (χ0) is 20.5. The molecule has 0 aliphatic carbocycles. The van der Waals surface area contributed by atoms with Crippen molar-refractivity contribution in [2.24, 2.45) is 0 Å². The lowest BCUT2D eigenvalue weighted by Crippen LogP contribution is -2.71. The summed E-state index contributed by atoms with van der Waals surface area (Å²) in [6.07, 6.45) is -6.80. The molecule has 0 unspecified atom stereocenters.